The lowest BCUT2D eigenvalue weighted by atomic mass is 10.2. The summed E-state index contributed by atoms with van der Waals surface area (Å²) in [6.07, 6.45) is 0. The minimum atomic E-state index is -0.519. The topological polar surface area (TPSA) is 52.4 Å². The van der Waals surface area contributed by atoms with Crippen LogP contribution in [0.5, 0.6) is 5.75 Å². The highest BCUT2D eigenvalue weighted by Crippen LogP contribution is 2.33. The molecular weight excluding hydrogens is 229 g/mol. The Labute approximate surface area is 90.5 Å². The molecule has 0 heterocycles. The lowest BCUT2D eigenvalue weighted by Gasteiger charge is -2.06. The van der Waals surface area contributed by atoms with Crippen LogP contribution in [0.3, 0.4) is 0 Å². The van der Waals surface area contributed by atoms with E-state index in [1.165, 1.54) is 19.2 Å². The second kappa shape index (κ2) is 4.48. The highest BCUT2D eigenvalue weighted by Gasteiger charge is 2.14. The van der Waals surface area contributed by atoms with Crippen molar-refractivity contribution < 1.29 is 9.66 Å². The molecule has 0 radical (unpaired) electrons. The zero-order valence-electron chi connectivity index (χ0n) is 7.29. The van der Waals surface area contributed by atoms with Crippen LogP contribution in [0.1, 0.15) is 5.56 Å². The smallest absolute Gasteiger partial charge is 0.273 e. The third kappa shape index (κ3) is 2.08. The number of ether oxygens (including phenoxy) is 1. The van der Waals surface area contributed by atoms with Crippen LogP contribution in [0.15, 0.2) is 12.1 Å². The van der Waals surface area contributed by atoms with E-state index in [-0.39, 0.29) is 17.3 Å². The number of halogens is 2. The van der Waals surface area contributed by atoms with Gasteiger partial charge < -0.3 is 4.74 Å². The van der Waals surface area contributed by atoms with E-state index in [0.717, 1.165) is 0 Å². The molecule has 6 heteroatoms. The quantitative estimate of drug-likeness (QED) is 0.460. The van der Waals surface area contributed by atoms with E-state index in [1.54, 1.807) is 0 Å². The average molecular weight is 236 g/mol. The molecule has 0 aliphatic rings. The summed E-state index contributed by atoms with van der Waals surface area (Å²) < 4.78 is 4.88. The molecule has 0 amide bonds. The molecule has 1 aromatic carbocycles. The van der Waals surface area contributed by atoms with Gasteiger partial charge in [-0.05, 0) is 5.56 Å². The van der Waals surface area contributed by atoms with Crippen LogP contribution >= 0.6 is 23.2 Å². The zero-order chi connectivity index (χ0) is 10.7. The first-order valence-corrected chi connectivity index (χ1v) is 4.58. The summed E-state index contributed by atoms with van der Waals surface area (Å²) in [6.45, 7) is 0. The second-order valence-electron chi connectivity index (χ2n) is 2.51. The van der Waals surface area contributed by atoms with E-state index >= 15 is 0 Å². The molecule has 0 fully saturated rings. The maximum Gasteiger partial charge on any atom is 0.273 e. The number of rotatable bonds is 3. The number of methoxy groups -OCH3 is 1. The summed E-state index contributed by atoms with van der Waals surface area (Å²) >= 11 is 11.4. The molecule has 1 aromatic rings. The highest BCUT2D eigenvalue weighted by molar-refractivity contribution is 6.33. The van der Waals surface area contributed by atoms with Gasteiger partial charge in [-0.3, -0.25) is 10.1 Å². The molecule has 76 valence electrons. The Kier molecular flexibility index (Phi) is 3.55. The summed E-state index contributed by atoms with van der Waals surface area (Å²) in [5, 5.41) is 10.8. The lowest BCUT2D eigenvalue weighted by Crippen LogP contribution is -1.94. The molecule has 0 bridgehead atoms. The summed E-state index contributed by atoms with van der Waals surface area (Å²) in [6, 6.07) is 2.59. The maximum absolute atomic E-state index is 10.5. The molecule has 0 aliphatic heterocycles. The van der Waals surface area contributed by atoms with E-state index in [4.69, 9.17) is 27.9 Å². The Morgan fingerprint density at radius 2 is 2.21 bits per heavy atom. The molecule has 1 rings (SSSR count). The van der Waals surface area contributed by atoms with Gasteiger partial charge in [-0.2, -0.15) is 0 Å². The number of hydrogen-bond donors (Lipinski definition) is 0. The number of nitro benzene ring substituents is 1. The molecule has 4 nitrogen and oxygen atoms in total. The van der Waals surface area contributed by atoms with Crippen molar-refractivity contribution in [2.75, 3.05) is 7.11 Å². The van der Waals surface area contributed by atoms with Gasteiger partial charge in [0.1, 0.15) is 5.75 Å². The first kappa shape index (κ1) is 11.1. The largest absolute Gasteiger partial charge is 0.495 e. The number of nitrogens with zero attached hydrogens (tertiary/aromatic N) is 1. The Balaban J connectivity index is 3.32. The fourth-order valence-corrected chi connectivity index (χ4v) is 1.52. The zero-order valence-corrected chi connectivity index (χ0v) is 8.80. The molecule has 0 aliphatic carbocycles. The first-order valence-electron chi connectivity index (χ1n) is 3.67. The third-order valence-electron chi connectivity index (χ3n) is 1.67. The monoisotopic (exact) mass is 235 g/mol. The number of nitro groups is 1. The van der Waals surface area contributed by atoms with Crippen LogP contribution in [0.25, 0.3) is 0 Å². The molecular formula is C8H7Cl2NO3. The van der Waals surface area contributed by atoms with Crippen molar-refractivity contribution in [1.29, 1.82) is 0 Å². The van der Waals surface area contributed by atoms with Gasteiger partial charge in [0.15, 0.2) is 0 Å². The van der Waals surface area contributed by atoms with Gasteiger partial charge in [-0.15, -0.1) is 11.6 Å². The number of hydrogen-bond acceptors (Lipinski definition) is 3. The van der Waals surface area contributed by atoms with Crippen LogP contribution in [0.2, 0.25) is 5.02 Å². The molecule has 14 heavy (non-hydrogen) atoms. The Morgan fingerprint density at radius 3 is 2.64 bits per heavy atom. The summed E-state index contributed by atoms with van der Waals surface area (Å²) in [5.74, 6) is 0.369. The summed E-state index contributed by atoms with van der Waals surface area (Å²) in [4.78, 5) is 9.99. The maximum atomic E-state index is 10.5. The van der Waals surface area contributed by atoms with Gasteiger partial charge in [-0.25, -0.2) is 0 Å². The minimum Gasteiger partial charge on any atom is -0.495 e. The number of non-ortho nitro benzene ring substituents is 1. The van der Waals surface area contributed by atoms with Crippen LogP contribution in [-0.4, -0.2) is 12.0 Å². The highest BCUT2D eigenvalue weighted by atomic mass is 35.5. The van der Waals surface area contributed by atoms with Crippen LogP contribution in [0.4, 0.5) is 5.69 Å². The lowest BCUT2D eigenvalue weighted by molar-refractivity contribution is -0.385. The standard InChI is InChI=1S/C8H7Cl2NO3/c1-14-7-3-6(11(12)13)2-5(4-9)8(7)10/h2-3H,4H2,1H3. The second-order valence-corrected chi connectivity index (χ2v) is 3.16. The van der Waals surface area contributed by atoms with Gasteiger partial charge in [0, 0.05) is 11.9 Å². The Hall–Kier alpha value is -1.000. The summed E-state index contributed by atoms with van der Waals surface area (Å²) in [5.41, 5.74) is 0.404. The fourth-order valence-electron chi connectivity index (χ4n) is 0.991. The van der Waals surface area contributed by atoms with Gasteiger partial charge in [0.25, 0.3) is 5.69 Å². The fraction of sp³-hybridized carbons (Fsp3) is 0.250. The van der Waals surface area contributed by atoms with Crippen molar-refractivity contribution >= 4 is 28.9 Å². The predicted octanol–water partition coefficient (Wildman–Crippen LogP) is 3.00. The third-order valence-corrected chi connectivity index (χ3v) is 2.39. The van der Waals surface area contributed by atoms with Crippen LogP contribution < -0.4 is 4.74 Å². The van der Waals surface area contributed by atoms with E-state index in [2.05, 4.69) is 0 Å². The van der Waals surface area contributed by atoms with Crippen molar-refractivity contribution in [3.05, 3.63) is 32.8 Å². The van der Waals surface area contributed by atoms with E-state index < -0.39 is 4.92 Å². The van der Waals surface area contributed by atoms with E-state index in [9.17, 15) is 10.1 Å². The summed E-state index contributed by atoms with van der Waals surface area (Å²) in [7, 11) is 1.39. The van der Waals surface area contributed by atoms with Gasteiger partial charge in [0.2, 0.25) is 0 Å². The van der Waals surface area contributed by atoms with Crippen molar-refractivity contribution in [3.63, 3.8) is 0 Å². The SMILES string of the molecule is COc1cc([N+](=O)[O-])cc(CCl)c1Cl. The Bertz CT molecular complexity index is 343. The van der Waals surface area contributed by atoms with Crippen LogP contribution in [0, 0.1) is 10.1 Å². The molecule has 0 N–H and O–H groups in total. The van der Waals surface area contributed by atoms with E-state index in [0.29, 0.717) is 10.6 Å². The molecule has 0 unspecified atom stereocenters. The van der Waals surface area contributed by atoms with Crippen LogP contribution in [-0.2, 0) is 5.88 Å². The average Bonchev–Trinajstić information content (AvgIpc) is 2.17. The first-order chi connectivity index (χ1) is 6.60. The Morgan fingerprint density at radius 1 is 1.57 bits per heavy atom. The number of alkyl halides is 1. The predicted molar refractivity (Wildman–Crippen MR) is 54.2 cm³/mol. The van der Waals surface area contributed by atoms with Gasteiger partial charge in [-0.1, -0.05) is 11.6 Å². The molecule has 0 spiro atoms. The molecule has 0 aromatic heterocycles. The number of benzene rings is 1. The van der Waals surface area contributed by atoms with Crippen molar-refractivity contribution in [1.82, 2.24) is 0 Å². The molecule has 0 atom stereocenters. The minimum absolute atomic E-state index is 0.0816. The van der Waals surface area contributed by atoms with Crippen molar-refractivity contribution in [3.8, 4) is 5.75 Å². The van der Waals surface area contributed by atoms with Gasteiger partial charge in [0.05, 0.1) is 23.1 Å². The molecule has 0 saturated heterocycles. The van der Waals surface area contributed by atoms with E-state index in [1.807, 2.05) is 0 Å². The van der Waals surface area contributed by atoms with Gasteiger partial charge >= 0.3 is 0 Å². The normalized spacial score (nSPS) is 9.93. The molecule has 0 saturated carbocycles. The van der Waals surface area contributed by atoms with Crippen molar-refractivity contribution in [2.24, 2.45) is 0 Å². The van der Waals surface area contributed by atoms with Crippen molar-refractivity contribution in [2.45, 2.75) is 5.88 Å².